The maximum absolute atomic E-state index is 13.9. The van der Waals surface area contributed by atoms with E-state index in [1.165, 1.54) is 18.3 Å². The Morgan fingerprint density at radius 2 is 1.92 bits per heavy atom. The van der Waals surface area contributed by atoms with E-state index in [0.717, 1.165) is 24.7 Å². The standard InChI is InChI=1S/C29H29F3N6O/c1-20-5-6-22(16-21(20)7-10-25-18-34-27(35-25)4-3-11-33)28(39)36-24-9-8-23(26(17-24)29(30,31)32)19-38-14-12-37(2)13-15-38/h3-6,8-9,11,16-18,33H,12-15,19H2,1-2H3,(H,34,35)(H,36,39)/p+1/b4-3-,33-11?. The van der Waals surface area contributed by atoms with Gasteiger partial charge in [-0.3, -0.25) is 15.1 Å². The molecular weight excluding hydrogens is 505 g/mol. The lowest BCUT2D eigenvalue weighted by Gasteiger charge is -2.33. The van der Waals surface area contributed by atoms with E-state index in [1.54, 1.807) is 36.5 Å². The van der Waals surface area contributed by atoms with Crippen molar-refractivity contribution in [3.05, 3.63) is 88.0 Å². The van der Waals surface area contributed by atoms with E-state index in [2.05, 4.69) is 32.0 Å². The Kier molecular flexibility index (Phi) is 8.64. The van der Waals surface area contributed by atoms with Crippen LogP contribution in [0.3, 0.4) is 0 Å². The minimum absolute atomic E-state index is 0.0791. The van der Waals surface area contributed by atoms with Crippen molar-refractivity contribution in [1.82, 2.24) is 19.8 Å². The zero-order valence-electron chi connectivity index (χ0n) is 21.8. The van der Waals surface area contributed by atoms with Crippen LogP contribution < -0.4 is 10.7 Å². The molecule has 1 amide bonds. The molecule has 3 aromatic rings. The smallest absolute Gasteiger partial charge is 0.332 e. The molecule has 0 atom stereocenters. The maximum Gasteiger partial charge on any atom is 0.416 e. The number of likely N-dealkylation sites (N-methyl/N-ethyl adjacent to an activating group) is 1. The lowest BCUT2D eigenvalue weighted by Crippen LogP contribution is -2.44. The van der Waals surface area contributed by atoms with Gasteiger partial charge in [-0.2, -0.15) is 13.2 Å². The van der Waals surface area contributed by atoms with Crippen LogP contribution in [0.5, 0.6) is 0 Å². The number of carbonyl (C=O) groups excluding carboxylic acids is 1. The molecule has 1 aliphatic heterocycles. The molecule has 0 spiro atoms. The average Bonchev–Trinajstić information content (AvgIpc) is 3.36. The number of hydrogen-bond donors (Lipinski definition) is 3. The summed E-state index contributed by atoms with van der Waals surface area (Å²) in [6.07, 6.45) is 1.77. The fraction of sp³-hybridized carbons (Fsp3) is 0.276. The van der Waals surface area contributed by atoms with Crippen molar-refractivity contribution >= 4 is 23.9 Å². The topological polar surface area (TPSA) is 89.8 Å². The number of allylic oxidation sites excluding steroid dienone is 1. The highest BCUT2D eigenvalue weighted by Crippen LogP contribution is 2.34. The summed E-state index contributed by atoms with van der Waals surface area (Å²) in [4.78, 5) is 24.3. The number of anilines is 1. The molecule has 1 aliphatic rings. The number of alkyl halides is 3. The van der Waals surface area contributed by atoms with Crippen LogP contribution in [0.4, 0.5) is 18.9 Å². The number of amides is 1. The summed E-state index contributed by atoms with van der Waals surface area (Å²) < 4.78 is 41.8. The third-order valence-electron chi connectivity index (χ3n) is 6.46. The molecule has 0 radical (unpaired) electrons. The molecule has 2 aromatic carbocycles. The van der Waals surface area contributed by atoms with Gasteiger partial charge in [0.05, 0.1) is 11.8 Å². The number of aromatic nitrogens is 2. The first-order valence-electron chi connectivity index (χ1n) is 12.4. The van der Waals surface area contributed by atoms with Crippen LogP contribution in [0.2, 0.25) is 0 Å². The molecule has 0 unspecified atom stereocenters. The molecule has 202 valence electrons. The molecule has 0 bridgehead atoms. The number of nitrogens with two attached hydrogens (primary N) is 1. The number of carbonyl (C=O) groups is 1. The number of piperazine rings is 1. The minimum atomic E-state index is -4.54. The number of H-pyrrole nitrogens is 1. The molecule has 4 N–H and O–H groups in total. The fourth-order valence-corrected chi connectivity index (χ4v) is 4.17. The molecule has 0 aliphatic carbocycles. The quantitative estimate of drug-likeness (QED) is 0.335. The van der Waals surface area contributed by atoms with Crippen LogP contribution in [-0.2, 0) is 12.7 Å². The third-order valence-corrected chi connectivity index (χ3v) is 6.46. The Bertz CT molecular complexity index is 1440. The number of rotatable bonds is 6. The Balaban J connectivity index is 1.51. The summed E-state index contributed by atoms with van der Waals surface area (Å²) in [5.41, 5.74) is 1.86. The Morgan fingerprint density at radius 3 is 2.64 bits per heavy atom. The second kappa shape index (κ2) is 12.1. The summed E-state index contributed by atoms with van der Waals surface area (Å²) in [5.74, 6) is 6.07. The number of nitrogens with zero attached hydrogens (tertiary/aromatic N) is 3. The van der Waals surface area contributed by atoms with Crippen molar-refractivity contribution in [3.8, 4) is 11.8 Å². The Morgan fingerprint density at radius 1 is 1.15 bits per heavy atom. The SMILES string of the molecule is Cc1ccc(C(=O)Nc2ccc(CN3CCN(C)CC3)c(C(F)(F)F)c2)cc1C#Cc1cnc(/C=C\C=[NH2+])[nH]1. The van der Waals surface area contributed by atoms with Crippen LogP contribution in [0.25, 0.3) is 6.08 Å². The number of hydrogen-bond acceptors (Lipinski definition) is 4. The molecule has 0 saturated carbocycles. The van der Waals surface area contributed by atoms with Crippen molar-refractivity contribution < 1.29 is 23.4 Å². The van der Waals surface area contributed by atoms with Crippen molar-refractivity contribution in [3.63, 3.8) is 0 Å². The molecule has 39 heavy (non-hydrogen) atoms. The lowest BCUT2D eigenvalue weighted by molar-refractivity contribution is -0.138. The first kappa shape index (κ1) is 27.8. The van der Waals surface area contributed by atoms with E-state index in [0.29, 0.717) is 30.2 Å². The number of halogens is 3. The predicted molar refractivity (Wildman–Crippen MR) is 145 cm³/mol. The zero-order chi connectivity index (χ0) is 28.0. The molecule has 10 heteroatoms. The molecule has 1 saturated heterocycles. The van der Waals surface area contributed by atoms with Crippen molar-refractivity contribution in [1.29, 1.82) is 0 Å². The number of aromatic amines is 1. The van der Waals surface area contributed by atoms with Gasteiger partial charge in [0.1, 0.15) is 11.5 Å². The normalized spacial score (nSPS) is 14.7. The van der Waals surface area contributed by atoms with E-state index in [4.69, 9.17) is 5.41 Å². The zero-order valence-corrected chi connectivity index (χ0v) is 21.8. The van der Waals surface area contributed by atoms with Gasteiger partial charge in [0.25, 0.3) is 5.91 Å². The molecule has 1 fully saturated rings. The van der Waals surface area contributed by atoms with Crippen LogP contribution >= 0.6 is 0 Å². The van der Waals surface area contributed by atoms with Gasteiger partial charge in [-0.15, -0.1) is 0 Å². The van der Waals surface area contributed by atoms with E-state index in [1.807, 2.05) is 18.9 Å². The molecule has 4 rings (SSSR count). The lowest BCUT2D eigenvalue weighted by atomic mass is 10.0. The average molecular weight is 536 g/mol. The van der Waals surface area contributed by atoms with Crippen LogP contribution in [-0.4, -0.2) is 65.1 Å². The number of benzene rings is 2. The summed E-state index contributed by atoms with van der Waals surface area (Å²) in [6.45, 7) is 5.10. The maximum atomic E-state index is 13.9. The Labute approximate surface area is 225 Å². The molecular formula is C29H30F3N6O+. The number of aryl methyl sites for hydroxylation is 1. The third kappa shape index (κ3) is 7.44. The first-order valence-corrected chi connectivity index (χ1v) is 12.4. The highest BCUT2D eigenvalue weighted by Gasteiger charge is 2.34. The van der Waals surface area contributed by atoms with Gasteiger partial charge < -0.3 is 15.2 Å². The van der Waals surface area contributed by atoms with E-state index in [-0.39, 0.29) is 23.4 Å². The van der Waals surface area contributed by atoms with Gasteiger partial charge in [0.15, 0.2) is 6.21 Å². The van der Waals surface area contributed by atoms with E-state index < -0.39 is 17.6 Å². The highest BCUT2D eigenvalue weighted by atomic mass is 19.4. The summed E-state index contributed by atoms with van der Waals surface area (Å²) in [7, 11) is 2.00. The fourth-order valence-electron chi connectivity index (χ4n) is 4.17. The minimum Gasteiger partial charge on any atom is -0.332 e. The van der Waals surface area contributed by atoms with Crippen LogP contribution in [0, 0.1) is 18.8 Å². The first-order chi connectivity index (χ1) is 18.6. The molecule has 1 aromatic heterocycles. The van der Waals surface area contributed by atoms with Crippen molar-refractivity contribution in [2.24, 2.45) is 0 Å². The van der Waals surface area contributed by atoms with Crippen molar-refractivity contribution in [2.75, 3.05) is 38.5 Å². The monoisotopic (exact) mass is 535 g/mol. The second-order valence-corrected chi connectivity index (χ2v) is 9.42. The van der Waals surface area contributed by atoms with Crippen LogP contribution in [0.1, 0.15) is 44.1 Å². The Hall–Kier alpha value is -4.20. The number of imidazole rings is 1. The summed E-state index contributed by atoms with van der Waals surface area (Å²) in [6, 6.07) is 8.94. The van der Waals surface area contributed by atoms with Gasteiger partial charge in [0.2, 0.25) is 0 Å². The van der Waals surface area contributed by atoms with Crippen molar-refractivity contribution in [2.45, 2.75) is 19.6 Å². The summed E-state index contributed by atoms with van der Waals surface area (Å²) >= 11 is 0. The summed E-state index contributed by atoms with van der Waals surface area (Å²) in [5, 5.41) is 7.93. The van der Waals surface area contributed by atoms with Gasteiger partial charge in [-0.25, -0.2) is 4.98 Å². The number of nitrogens with one attached hydrogen (secondary N) is 2. The molecule has 7 nitrogen and oxygen atoms in total. The van der Waals surface area contributed by atoms with Gasteiger partial charge in [-0.05, 0) is 61.4 Å². The predicted octanol–water partition coefficient (Wildman–Crippen LogP) is 2.98. The van der Waals surface area contributed by atoms with E-state index >= 15 is 0 Å². The van der Waals surface area contributed by atoms with Crippen LogP contribution in [0.15, 0.2) is 48.7 Å². The second-order valence-electron chi connectivity index (χ2n) is 9.42. The van der Waals surface area contributed by atoms with E-state index in [9.17, 15) is 18.0 Å². The van der Waals surface area contributed by atoms with Gasteiger partial charge in [-0.1, -0.05) is 18.1 Å². The van der Waals surface area contributed by atoms with Gasteiger partial charge >= 0.3 is 6.18 Å². The highest BCUT2D eigenvalue weighted by molar-refractivity contribution is 6.04. The van der Waals surface area contributed by atoms with Gasteiger partial charge in [0, 0.05) is 55.6 Å². The largest absolute Gasteiger partial charge is 0.416 e. The molecule has 2 heterocycles.